The number of rotatable bonds is 3. The number of nitrogens with one attached hydrogen (secondary N) is 2. The Kier molecular flexibility index (Phi) is 4.84. The smallest absolute Gasteiger partial charge is 0.422 e. The Morgan fingerprint density at radius 3 is 2.74 bits per heavy atom. The fourth-order valence-corrected chi connectivity index (χ4v) is 1.29. The zero-order valence-corrected chi connectivity index (χ0v) is 11.1. The van der Waals surface area contributed by atoms with Gasteiger partial charge in [-0.05, 0) is 38.5 Å². The van der Waals surface area contributed by atoms with Crippen molar-refractivity contribution < 1.29 is 13.9 Å². The van der Waals surface area contributed by atoms with E-state index in [4.69, 9.17) is 10.00 Å². The first-order chi connectivity index (χ1) is 8.81. The van der Waals surface area contributed by atoms with Crippen LogP contribution in [-0.2, 0) is 11.3 Å². The van der Waals surface area contributed by atoms with E-state index in [-0.39, 0.29) is 12.1 Å². The first kappa shape index (κ1) is 14.9. The molecule has 0 aliphatic carbocycles. The van der Waals surface area contributed by atoms with Gasteiger partial charge in [-0.25, -0.2) is 14.6 Å². The van der Waals surface area contributed by atoms with Gasteiger partial charge in [-0.1, -0.05) is 6.07 Å². The minimum absolute atomic E-state index is 0.0310. The van der Waals surface area contributed by atoms with Gasteiger partial charge in [-0.3, -0.25) is 5.43 Å². The van der Waals surface area contributed by atoms with E-state index in [2.05, 4.69) is 10.9 Å². The summed E-state index contributed by atoms with van der Waals surface area (Å²) >= 11 is 0. The number of hydrogen-bond donors (Lipinski definition) is 2. The van der Waals surface area contributed by atoms with Crippen LogP contribution in [0.1, 0.15) is 31.9 Å². The van der Waals surface area contributed by atoms with Crippen LogP contribution in [0.15, 0.2) is 18.2 Å². The molecular formula is C13H16FN3O2. The largest absolute Gasteiger partial charge is 0.443 e. The van der Waals surface area contributed by atoms with Crippen molar-refractivity contribution in [1.29, 1.82) is 5.26 Å². The van der Waals surface area contributed by atoms with E-state index in [0.717, 1.165) is 0 Å². The van der Waals surface area contributed by atoms with Crippen LogP contribution in [0.3, 0.4) is 0 Å². The van der Waals surface area contributed by atoms with Crippen molar-refractivity contribution in [1.82, 2.24) is 10.9 Å². The lowest BCUT2D eigenvalue weighted by Gasteiger charge is -2.19. The summed E-state index contributed by atoms with van der Waals surface area (Å²) in [5, 5.41) is 8.68. The molecule has 0 heterocycles. The molecule has 0 radical (unpaired) electrons. The monoisotopic (exact) mass is 265 g/mol. The van der Waals surface area contributed by atoms with Gasteiger partial charge in [-0.2, -0.15) is 5.26 Å². The number of nitrogens with zero attached hydrogens (tertiary/aromatic N) is 1. The number of hydrogen-bond acceptors (Lipinski definition) is 4. The van der Waals surface area contributed by atoms with Gasteiger partial charge in [0.25, 0.3) is 0 Å². The van der Waals surface area contributed by atoms with Gasteiger partial charge in [0.2, 0.25) is 0 Å². The van der Waals surface area contributed by atoms with Gasteiger partial charge in [0.05, 0.1) is 5.56 Å². The van der Waals surface area contributed by atoms with E-state index in [0.29, 0.717) is 5.56 Å². The van der Waals surface area contributed by atoms with Gasteiger partial charge < -0.3 is 4.74 Å². The zero-order chi connectivity index (χ0) is 14.5. The Morgan fingerprint density at radius 2 is 2.16 bits per heavy atom. The van der Waals surface area contributed by atoms with Crippen LogP contribution >= 0.6 is 0 Å². The van der Waals surface area contributed by atoms with Crippen molar-refractivity contribution in [3.63, 3.8) is 0 Å². The van der Waals surface area contributed by atoms with Gasteiger partial charge >= 0.3 is 6.09 Å². The Bertz CT molecular complexity index is 504. The summed E-state index contributed by atoms with van der Waals surface area (Å²) in [6.07, 6.45) is -0.602. The minimum Gasteiger partial charge on any atom is -0.443 e. The molecule has 102 valence electrons. The summed E-state index contributed by atoms with van der Waals surface area (Å²) < 4.78 is 18.1. The molecule has 0 aromatic heterocycles. The second-order valence-corrected chi connectivity index (χ2v) is 4.91. The van der Waals surface area contributed by atoms with Crippen LogP contribution < -0.4 is 10.9 Å². The van der Waals surface area contributed by atoms with E-state index < -0.39 is 17.5 Å². The van der Waals surface area contributed by atoms with E-state index in [1.807, 2.05) is 0 Å². The molecule has 1 aromatic carbocycles. The van der Waals surface area contributed by atoms with Gasteiger partial charge in [0.15, 0.2) is 0 Å². The molecule has 0 spiro atoms. The number of benzene rings is 1. The molecule has 1 aromatic rings. The third-order valence-corrected chi connectivity index (χ3v) is 2.03. The lowest BCUT2D eigenvalue weighted by molar-refractivity contribution is 0.0497. The highest BCUT2D eigenvalue weighted by molar-refractivity contribution is 5.66. The van der Waals surface area contributed by atoms with Crippen molar-refractivity contribution in [3.8, 4) is 6.07 Å². The van der Waals surface area contributed by atoms with Crippen molar-refractivity contribution in [2.45, 2.75) is 32.9 Å². The van der Waals surface area contributed by atoms with Crippen LogP contribution in [0.5, 0.6) is 0 Å². The summed E-state index contributed by atoms with van der Waals surface area (Å²) in [7, 11) is 0. The van der Waals surface area contributed by atoms with Crippen LogP contribution in [0.25, 0.3) is 0 Å². The average Bonchev–Trinajstić information content (AvgIpc) is 2.29. The second kappa shape index (κ2) is 6.16. The molecule has 0 fully saturated rings. The quantitative estimate of drug-likeness (QED) is 0.822. The van der Waals surface area contributed by atoms with Crippen molar-refractivity contribution in [2.75, 3.05) is 0 Å². The highest BCUT2D eigenvalue weighted by atomic mass is 19.1. The third kappa shape index (κ3) is 5.36. The van der Waals surface area contributed by atoms with Gasteiger partial charge in [0.1, 0.15) is 17.5 Å². The molecule has 5 nitrogen and oxygen atoms in total. The molecule has 0 unspecified atom stereocenters. The Balaban J connectivity index is 2.46. The summed E-state index contributed by atoms with van der Waals surface area (Å²) in [6.45, 7) is 5.53. The number of carbonyl (C=O) groups is 1. The maximum Gasteiger partial charge on any atom is 0.422 e. The molecule has 0 atom stereocenters. The Morgan fingerprint density at radius 1 is 1.47 bits per heavy atom. The summed E-state index contributed by atoms with van der Waals surface area (Å²) in [5.41, 5.74) is 5.06. The first-order valence-electron chi connectivity index (χ1n) is 5.72. The molecule has 0 bridgehead atoms. The molecule has 6 heteroatoms. The highest BCUT2D eigenvalue weighted by Gasteiger charge is 2.15. The van der Waals surface area contributed by atoms with Gasteiger partial charge in [-0.15, -0.1) is 0 Å². The molecule has 0 aliphatic heterocycles. The first-order valence-corrected chi connectivity index (χ1v) is 5.72. The molecule has 19 heavy (non-hydrogen) atoms. The van der Waals surface area contributed by atoms with Crippen molar-refractivity contribution in [2.24, 2.45) is 0 Å². The fraction of sp³-hybridized carbons (Fsp3) is 0.385. The second-order valence-electron chi connectivity index (χ2n) is 4.91. The molecule has 1 amide bonds. The number of hydrazine groups is 1. The van der Waals surface area contributed by atoms with Crippen molar-refractivity contribution in [3.05, 3.63) is 35.1 Å². The van der Waals surface area contributed by atoms with Gasteiger partial charge in [0, 0.05) is 6.54 Å². The average molecular weight is 265 g/mol. The van der Waals surface area contributed by atoms with Crippen LogP contribution in [-0.4, -0.2) is 11.7 Å². The lowest BCUT2D eigenvalue weighted by atomic mass is 10.1. The van der Waals surface area contributed by atoms with E-state index in [1.54, 1.807) is 26.8 Å². The maximum atomic E-state index is 13.1. The topological polar surface area (TPSA) is 74.2 Å². The Hall–Kier alpha value is -2.13. The minimum atomic E-state index is -0.602. The van der Waals surface area contributed by atoms with Crippen LogP contribution in [0.4, 0.5) is 9.18 Å². The summed E-state index contributed by atoms with van der Waals surface area (Å²) in [6, 6.07) is 5.91. The number of halogens is 1. The van der Waals surface area contributed by atoms with Crippen LogP contribution in [0, 0.1) is 17.1 Å². The number of nitriles is 1. The van der Waals surface area contributed by atoms with Crippen LogP contribution in [0.2, 0.25) is 0 Å². The predicted molar refractivity (Wildman–Crippen MR) is 67.3 cm³/mol. The number of carbonyl (C=O) groups excluding carboxylic acids is 1. The maximum absolute atomic E-state index is 13.1. The van der Waals surface area contributed by atoms with E-state index >= 15 is 0 Å². The lowest BCUT2D eigenvalue weighted by Crippen LogP contribution is -2.40. The molecule has 1 rings (SSSR count). The molecule has 0 aliphatic rings. The normalized spacial score (nSPS) is 10.7. The fourth-order valence-electron chi connectivity index (χ4n) is 1.29. The SMILES string of the molecule is CC(C)(C)OC(=O)NNCc1ccc(F)c(C#N)c1. The zero-order valence-electron chi connectivity index (χ0n) is 11.1. The molecule has 2 N–H and O–H groups in total. The predicted octanol–water partition coefficient (Wildman–Crippen LogP) is 2.23. The number of amides is 1. The summed E-state index contributed by atoms with van der Waals surface area (Å²) in [4.78, 5) is 11.3. The third-order valence-electron chi connectivity index (χ3n) is 2.03. The summed E-state index contributed by atoms with van der Waals surface area (Å²) in [5.74, 6) is -0.564. The standard InChI is InChI=1S/C13H16FN3O2/c1-13(2,3)19-12(18)17-16-8-9-4-5-11(14)10(6-9)7-15/h4-6,16H,8H2,1-3H3,(H,17,18). The highest BCUT2D eigenvalue weighted by Crippen LogP contribution is 2.09. The number of ether oxygens (including phenoxy) is 1. The van der Waals surface area contributed by atoms with E-state index in [9.17, 15) is 9.18 Å². The van der Waals surface area contributed by atoms with E-state index in [1.165, 1.54) is 18.2 Å². The van der Waals surface area contributed by atoms with Crippen molar-refractivity contribution >= 4 is 6.09 Å². The molecular weight excluding hydrogens is 249 g/mol. The Labute approximate surface area is 111 Å². The molecule has 0 saturated carbocycles. The molecule has 0 saturated heterocycles.